The van der Waals surface area contributed by atoms with Gasteiger partial charge >= 0.3 is 0 Å². The maximum Gasteiger partial charge on any atom is 0.0341 e. The van der Waals surface area contributed by atoms with Gasteiger partial charge in [0.15, 0.2) is 0 Å². The molecule has 0 aliphatic heterocycles. The lowest BCUT2D eigenvalue weighted by Gasteiger charge is -2.38. The Kier molecular flexibility index (Phi) is 5.50. The van der Waals surface area contributed by atoms with Gasteiger partial charge in [0.1, 0.15) is 0 Å². The molecule has 1 saturated carbocycles. The lowest BCUT2D eigenvalue weighted by Crippen LogP contribution is -2.39. The summed E-state index contributed by atoms with van der Waals surface area (Å²) in [7, 11) is 2.27. The van der Waals surface area contributed by atoms with Crippen LogP contribution in [0.1, 0.15) is 39.5 Å². The molecule has 0 amide bonds. The van der Waals surface area contributed by atoms with E-state index in [9.17, 15) is 0 Å². The maximum atomic E-state index is 3.50. The summed E-state index contributed by atoms with van der Waals surface area (Å²) in [4.78, 5) is 2.53. The zero-order chi connectivity index (χ0) is 14.6. The number of hydrogen-bond acceptors (Lipinski definition) is 2. The first-order chi connectivity index (χ1) is 9.46. The second kappa shape index (κ2) is 6.95. The van der Waals surface area contributed by atoms with Crippen molar-refractivity contribution in [2.45, 2.75) is 45.6 Å². The smallest absolute Gasteiger partial charge is 0.0341 e. The summed E-state index contributed by atoms with van der Waals surface area (Å²) in [5.41, 5.74) is 1.76. The van der Waals surface area contributed by atoms with E-state index < -0.39 is 0 Å². The molecule has 112 valence electrons. The van der Waals surface area contributed by atoms with Crippen LogP contribution >= 0.6 is 15.9 Å². The van der Waals surface area contributed by atoms with E-state index in [1.165, 1.54) is 31.4 Å². The molecule has 0 saturated heterocycles. The van der Waals surface area contributed by atoms with Crippen LogP contribution in [0.15, 0.2) is 28.7 Å². The Bertz CT molecular complexity index is 404. The van der Waals surface area contributed by atoms with Crippen LogP contribution in [0.3, 0.4) is 0 Å². The predicted molar refractivity (Wildman–Crippen MR) is 91.3 cm³/mol. The molecule has 1 aliphatic rings. The largest absolute Gasteiger partial charge is 0.384 e. The van der Waals surface area contributed by atoms with Crippen molar-refractivity contribution in [3.8, 4) is 0 Å². The average molecular weight is 339 g/mol. The van der Waals surface area contributed by atoms with Crippen molar-refractivity contribution < 1.29 is 0 Å². The third kappa shape index (κ3) is 4.78. The molecule has 0 aromatic heterocycles. The first kappa shape index (κ1) is 15.8. The van der Waals surface area contributed by atoms with E-state index in [0.29, 0.717) is 5.41 Å². The average Bonchev–Trinajstić information content (AvgIpc) is 2.41. The first-order valence-corrected chi connectivity index (χ1v) is 8.45. The summed E-state index contributed by atoms with van der Waals surface area (Å²) in [5.74, 6) is 0. The minimum absolute atomic E-state index is 0.563. The van der Waals surface area contributed by atoms with Gasteiger partial charge in [-0.05, 0) is 62.4 Å². The summed E-state index contributed by atoms with van der Waals surface area (Å²) in [5, 5.41) is 3.50. The van der Waals surface area contributed by atoms with E-state index in [1.807, 2.05) is 0 Å². The second-order valence-corrected chi connectivity index (χ2v) is 7.73. The molecule has 0 unspecified atom stereocenters. The quantitative estimate of drug-likeness (QED) is 0.832. The Hall–Kier alpha value is -0.540. The summed E-state index contributed by atoms with van der Waals surface area (Å²) < 4.78 is 1.13. The highest BCUT2D eigenvalue weighted by atomic mass is 79.9. The van der Waals surface area contributed by atoms with Crippen LogP contribution < -0.4 is 5.32 Å². The Morgan fingerprint density at radius 1 is 1.20 bits per heavy atom. The van der Waals surface area contributed by atoms with Gasteiger partial charge in [-0.1, -0.05) is 29.8 Å². The minimum atomic E-state index is 0.563. The Balaban J connectivity index is 1.70. The molecule has 1 aromatic rings. The van der Waals surface area contributed by atoms with Gasteiger partial charge in [0.25, 0.3) is 0 Å². The molecule has 0 spiro atoms. The fraction of sp³-hybridized carbons (Fsp3) is 0.647. The maximum absolute atomic E-state index is 3.50. The molecule has 2 rings (SSSR count). The summed E-state index contributed by atoms with van der Waals surface area (Å²) in [6, 6.07) is 9.17. The fourth-order valence-electron chi connectivity index (χ4n) is 2.95. The Labute approximate surface area is 132 Å². The van der Waals surface area contributed by atoms with Gasteiger partial charge in [-0.2, -0.15) is 0 Å². The van der Waals surface area contributed by atoms with Gasteiger partial charge in [0.2, 0.25) is 0 Å². The molecule has 20 heavy (non-hydrogen) atoms. The first-order valence-electron chi connectivity index (χ1n) is 7.66. The highest BCUT2D eigenvalue weighted by Gasteiger charge is 2.28. The van der Waals surface area contributed by atoms with Crippen molar-refractivity contribution in [3.05, 3.63) is 28.7 Å². The zero-order valence-corrected chi connectivity index (χ0v) is 14.5. The molecule has 0 atom stereocenters. The second-order valence-electron chi connectivity index (χ2n) is 6.81. The van der Waals surface area contributed by atoms with E-state index in [1.54, 1.807) is 0 Å². The molecule has 0 bridgehead atoms. The number of benzene rings is 1. The van der Waals surface area contributed by atoms with Crippen molar-refractivity contribution in [3.63, 3.8) is 0 Å². The number of nitrogens with one attached hydrogen (secondary N) is 1. The molecular formula is C17H27BrN2. The van der Waals surface area contributed by atoms with Crippen LogP contribution in [0.25, 0.3) is 0 Å². The lowest BCUT2D eigenvalue weighted by molar-refractivity contribution is 0.131. The van der Waals surface area contributed by atoms with Crippen molar-refractivity contribution in [2.24, 2.45) is 5.41 Å². The molecule has 2 nitrogen and oxygen atoms in total. The van der Waals surface area contributed by atoms with Crippen LogP contribution in [0.5, 0.6) is 0 Å². The number of halogens is 1. The van der Waals surface area contributed by atoms with E-state index >= 15 is 0 Å². The van der Waals surface area contributed by atoms with Gasteiger partial charge in [0.05, 0.1) is 0 Å². The molecule has 1 N–H and O–H groups in total. The zero-order valence-electron chi connectivity index (χ0n) is 13.0. The highest BCUT2D eigenvalue weighted by molar-refractivity contribution is 9.10. The highest BCUT2D eigenvalue weighted by Crippen LogP contribution is 2.36. The molecule has 1 fully saturated rings. The summed E-state index contributed by atoms with van der Waals surface area (Å²) in [6.45, 7) is 6.93. The number of anilines is 1. The monoisotopic (exact) mass is 338 g/mol. The van der Waals surface area contributed by atoms with E-state index in [-0.39, 0.29) is 0 Å². The Morgan fingerprint density at radius 3 is 2.40 bits per heavy atom. The predicted octanol–water partition coefficient (Wildman–Crippen LogP) is 4.76. The third-order valence-electron chi connectivity index (χ3n) is 4.57. The summed E-state index contributed by atoms with van der Waals surface area (Å²) in [6.07, 6.45) is 5.42. The van der Waals surface area contributed by atoms with Crippen LogP contribution in [0.4, 0.5) is 5.69 Å². The van der Waals surface area contributed by atoms with Crippen LogP contribution in [0, 0.1) is 5.41 Å². The van der Waals surface area contributed by atoms with Gasteiger partial charge in [0, 0.05) is 29.3 Å². The minimum Gasteiger partial charge on any atom is -0.384 e. The molecule has 1 aliphatic carbocycles. The molecule has 0 radical (unpaired) electrons. The number of rotatable bonds is 5. The SMILES string of the molecule is CN(CCNc1ccc(Br)cc1)C1CCC(C)(C)CC1. The fourth-order valence-corrected chi connectivity index (χ4v) is 3.22. The van der Waals surface area contributed by atoms with Crippen molar-refractivity contribution in [1.82, 2.24) is 4.90 Å². The number of nitrogens with zero attached hydrogens (tertiary/aromatic N) is 1. The number of hydrogen-bond donors (Lipinski definition) is 1. The molecule has 3 heteroatoms. The normalized spacial score (nSPS) is 19.2. The van der Waals surface area contributed by atoms with Crippen molar-refractivity contribution >= 4 is 21.6 Å². The number of likely N-dealkylation sites (N-methyl/N-ethyl adjacent to an activating group) is 1. The lowest BCUT2D eigenvalue weighted by atomic mass is 9.75. The van der Waals surface area contributed by atoms with E-state index in [0.717, 1.165) is 23.6 Å². The van der Waals surface area contributed by atoms with Gasteiger partial charge < -0.3 is 10.2 Å². The summed E-state index contributed by atoms with van der Waals surface area (Å²) >= 11 is 3.46. The van der Waals surface area contributed by atoms with E-state index in [4.69, 9.17) is 0 Å². The molecule has 1 aromatic carbocycles. The van der Waals surface area contributed by atoms with Crippen LogP contribution in [0.2, 0.25) is 0 Å². The topological polar surface area (TPSA) is 15.3 Å². The Morgan fingerprint density at radius 2 is 1.80 bits per heavy atom. The molecular weight excluding hydrogens is 312 g/mol. The van der Waals surface area contributed by atoms with Crippen molar-refractivity contribution in [1.29, 1.82) is 0 Å². The standard InChI is InChI=1S/C17H27BrN2/c1-17(2)10-8-16(9-11-17)20(3)13-12-19-15-6-4-14(18)5-7-15/h4-7,16,19H,8-13H2,1-3H3. The molecule has 0 heterocycles. The van der Waals surface area contributed by atoms with E-state index in [2.05, 4.69) is 71.3 Å². The van der Waals surface area contributed by atoms with Gasteiger partial charge in [-0.3, -0.25) is 0 Å². The van der Waals surface area contributed by atoms with Crippen molar-refractivity contribution in [2.75, 3.05) is 25.5 Å². The van der Waals surface area contributed by atoms with Crippen LogP contribution in [-0.2, 0) is 0 Å². The van der Waals surface area contributed by atoms with Gasteiger partial charge in [-0.15, -0.1) is 0 Å². The van der Waals surface area contributed by atoms with Crippen LogP contribution in [-0.4, -0.2) is 31.1 Å². The van der Waals surface area contributed by atoms with Gasteiger partial charge in [-0.25, -0.2) is 0 Å². The third-order valence-corrected chi connectivity index (χ3v) is 5.10.